The molecule has 0 aromatic heterocycles. The van der Waals surface area contributed by atoms with Gasteiger partial charge in [0.15, 0.2) is 11.8 Å². The normalized spacial score (nSPS) is 19.1. The zero-order valence-corrected chi connectivity index (χ0v) is 16.4. The van der Waals surface area contributed by atoms with Crippen molar-refractivity contribution in [2.75, 3.05) is 13.1 Å². The Labute approximate surface area is 163 Å². The summed E-state index contributed by atoms with van der Waals surface area (Å²) in [5, 5.41) is 4.22. The molecule has 0 saturated heterocycles. The summed E-state index contributed by atoms with van der Waals surface area (Å²) in [6.45, 7) is 4.80. The summed E-state index contributed by atoms with van der Waals surface area (Å²) in [6.07, 6.45) is 2.50. The number of rotatable bonds is 7. The van der Waals surface area contributed by atoms with E-state index in [0.717, 1.165) is 12.0 Å². The first-order chi connectivity index (χ1) is 13.0. The van der Waals surface area contributed by atoms with Crippen molar-refractivity contribution < 1.29 is 19.0 Å². The van der Waals surface area contributed by atoms with Gasteiger partial charge in [-0.3, -0.25) is 4.79 Å². The van der Waals surface area contributed by atoms with Gasteiger partial charge in [0.2, 0.25) is 0 Å². The van der Waals surface area contributed by atoms with Crippen LogP contribution in [-0.2, 0) is 16.1 Å². The summed E-state index contributed by atoms with van der Waals surface area (Å²) >= 11 is 1.38. The number of nitrogens with one attached hydrogen (secondary N) is 1. The Balaban J connectivity index is 1.72. The van der Waals surface area contributed by atoms with E-state index < -0.39 is 11.3 Å². The molecule has 1 unspecified atom stereocenters. The van der Waals surface area contributed by atoms with Gasteiger partial charge in [-0.2, -0.15) is 14.3 Å². The van der Waals surface area contributed by atoms with Crippen molar-refractivity contribution >= 4 is 35.3 Å². The molecular formula is C20H24N3O3S+. The third kappa shape index (κ3) is 4.47. The topological polar surface area (TPSA) is 69.5 Å². The van der Waals surface area contributed by atoms with E-state index in [2.05, 4.69) is 19.2 Å². The Hall–Kier alpha value is -2.41. The fourth-order valence-corrected chi connectivity index (χ4v) is 3.96. The molecule has 0 spiro atoms. The monoisotopic (exact) mass is 386 g/mol. The molecule has 4 amide bonds. The molecule has 0 saturated carbocycles. The second-order valence-electron chi connectivity index (χ2n) is 7.05. The highest BCUT2D eigenvalue weighted by molar-refractivity contribution is 8.04. The fraction of sp³-hybridized carbons (Fsp3) is 0.400. The molecule has 3 rings (SSSR count). The number of fused-ring (bicyclic) bond motifs is 1. The molecule has 0 bridgehead atoms. The smallest absolute Gasteiger partial charge is 0.349 e. The summed E-state index contributed by atoms with van der Waals surface area (Å²) in [5.41, 5.74) is 1.59. The largest absolute Gasteiger partial charge is 0.501 e. The summed E-state index contributed by atoms with van der Waals surface area (Å²) in [4.78, 5) is 39.3. The average molecular weight is 386 g/mol. The minimum atomic E-state index is -0.434. The van der Waals surface area contributed by atoms with Crippen LogP contribution in [0.4, 0.5) is 4.79 Å². The van der Waals surface area contributed by atoms with Gasteiger partial charge in [-0.15, -0.1) is 11.8 Å². The van der Waals surface area contributed by atoms with Crippen molar-refractivity contribution in [3.8, 4) is 0 Å². The first-order valence-corrected chi connectivity index (χ1v) is 10.0. The number of urea groups is 1. The maximum absolute atomic E-state index is 12.9. The minimum absolute atomic E-state index is 0.0894. The Morgan fingerprint density at radius 3 is 2.70 bits per heavy atom. The summed E-state index contributed by atoms with van der Waals surface area (Å²) < 4.78 is 1.43. The summed E-state index contributed by atoms with van der Waals surface area (Å²) in [7, 11) is 0. The number of allylic oxidation sites excluding steroid dienone is 1. The van der Waals surface area contributed by atoms with Gasteiger partial charge in [-0.25, -0.2) is 4.79 Å². The molecule has 1 N–H and O–H groups in total. The quantitative estimate of drug-likeness (QED) is 0.731. The highest BCUT2D eigenvalue weighted by Crippen LogP contribution is 2.28. The lowest BCUT2D eigenvalue weighted by molar-refractivity contribution is -0.426. The molecule has 1 aromatic carbocycles. The van der Waals surface area contributed by atoms with Crippen LogP contribution in [0.3, 0.4) is 0 Å². The minimum Gasteiger partial charge on any atom is -0.349 e. The number of benzene rings is 1. The van der Waals surface area contributed by atoms with Crippen LogP contribution in [-0.4, -0.2) is 51.4 Å². The van der Waals surface area contributed by atoms with E-state index in [0.29, 0.717) is 24.7 Å². The van der Waals surface area contributed by atoms with Crippen LogP contribution in [0.25, 0.3) is 0 Å². The predicted molar refractivity (Wildman–Crippen MR) is 106 cm³/mol. The Morgan fingerprint density at radius 2 is 2.00 bits per heavy atom. The zero-order valence-electron chi connectivity index (χ0n) is 15.6. The van der Waals surface area contributed by atoms with Crippen molar-refractivity contribution in [3.05, 3.63) is 47.4 Å². The maximum Gasteiger partial charge on any atom is 0.501 e. The second-order valence-corrected chi connectivity index (χ2v) is 8.06. The van der Waals surface area contributed by atoms with Crippen LogP contribution < -0.4 is 5.32 Å². The summed E-state index contributed by atoms with van der Waals surface area (Å²) in [6, 6.07) is 9.19. The molecule has 7 heteroatoms. The molecule has 2 aliphatic heterocycles. The molecule has 0 fully saturated rings. The Kier molecular flexibility index (Phi) is 6.11. The van der Waals surface area contributed by atoms with Crippen LogP contribution >= 0.6 is 11.8 Å². The van der Waals surface area contributed by atoms with E-state index in [9.17, 15) is 14.4 Å². The number of imide groups is 1. The SMILES string of the molecule is CC(C)CCN1C(=O)C2SC=CC2=[N+](CC(=O)NCc2ccccc2)C1=O. The number of carbonyl (C=O) groups excluding carboxylic acids is 3. The molecular weight excluding hydrogens is 362 g/mol. The second kappa shape index (κ2) is 8.52. The van der Waals surface area contributed by atoms with Crippen molar-refractivity contribution in [2.45, 2.75) is 32.1 Å². The third-order valence-corrected chi connectivity index (χ3v) is 5.56. The van der Waals surface area contributed by atoms with E-state index in [4.69, 9.17) is 0 Å². The van der Waals surface area contributed by atoms with E-state index >= 15 is 0 Å². The van der Waals surface area contributed by atoms with Crippen molar-refractivity contribution in [2.24, 2.45) is 5.92 Å². The van der Waals surface area contributed by atoms with Gasteiger partial charge in [0.25, 0.3) is 5.91 Å². The lowest BCUT2D eigenvalue weighted by Gasteiger charge is -2.24. The zero-order chi connectivity index (χ0) is 19.4. The molecule has 0 radical (unpaired) electrons. The predicted octanol–water partition coefficient (Wildman–Crippen LogP) is 2.39. The van der Waals surface area contributed by atoms with Crippen LogP contribution in [0.1, 0.15) is 25.8 Å². The van der Waals surface area contributed by atoms with Crippen LogP contribution in [0.2, 0.25) is 0 Å². The van der Waals surface area contributed by atoms with E-state index in [-0.39, 0.29) is 18.4 Å². The molecule has 0 aliphatic carbocycles. The molecule has 27 heavy (non-hydrogen) atoms. The highest BCUT2D eigenvalue weighted by Gasteiger charge is 2.49. The molecule has 2 heterocycles. The number of hydrogen-bond donors (Lipinski definition) is 1. The van der Waals surface area contributed by atoms with Crippen LogP contribution in [0.15, 0.2) is 41.8 Å². The number of carbonyl (C=O) groups is 3. The van der Waals surface area contributed by atoms with Gasteiger partial charge in [0.05, 0.1) is 6.54 Å². The van der Waals surface area contributed by atoms with E-state index in [1.165, 1.54) is 21.2 Å². The van der Waals surface area contributed by atoms with Gasteiger partial charge in [0, 0.05) is 6.54 Å². The van der Waals surface area contributed by atoms with Crippen molar-refractivity contribution in [3.63, 3.8) is 0 Å². The Morgan fingerprint density at radius 1 is 1.26 bits per heavy atom. The van der Waals surface area contributed by atoms with E-state index in [1.54, 1.807) is 6.08 Å². The molecule has 1 aromatic rings. The van der Waals surface area contributed by atoms with Gasteiger partial charge in [-0.1, -0.05) is 44.2 Å². The first-order valence-electron chi connectivity index (χ1n) is 9.09. The molecule has 1 atom stereocenters. The van der Waals surface area contributed by atoms with Crippen LogP contribution in [0.5, 0.6) is 0 Å². The number of thioether (sulfide) groups is 1. The Bertz CT molecular complexity index is 802. The highest BCUT2D eigenvalue weighted by atomic mass is 32.2. The standard InChI is InChI=1S/C20H23N3O3S/c1-14(2)8-10-22-19(25)18-16(9-11-27-18)23(20(22)26)13-17(24)21-12-15-6-4-3-5-7-15/h3-7,9,11,14,18H,8,10,12-13H2,1-2H3/p+1. The lowest BCUT2D eigenvalue weighted by atomic mass is 10.1. The van der Waals surface area contributed by atoms with E-state index in [1.807, 2.05) is 35.7 Å². The number of amides is 4. The van der Waals surface area contributed by atoms with Crippen molar-refractivity contribution in [1.29, 1.82) is 0 Å². The first kappa shape index (κ1) is 19.4. The lowest BCUT2D eigenvalue weighted by Crippen LogP contribution is -2.56. The number of hydrogen-bond acceptors (Lipinski definition) is 4. The fourth-order valence-electron chi connectivity index (χ4n) is 3.00. The van der Waals surface area contributed by atoms with Crippen molar-refractivity contribution in [1.82, 2.24) is 10.2 Å². The number of nitrogens with zero attached hydrogens (tertiary/aromatic N) is 2. The summed E-state index contributed by atoms with van der Waals surface area (Å²) in [5.74, 6) is -0.0542. The average Bonchev–Trinajstić information content (AvgIpc) is 3.14. The van der Waals surface area contributed by atoms with Gasteiger partial charge >= 0.3 is 11.9 Å². The van der Waals surface area contributed by atoms with Gasteiger partial charge < -0.3 is 5.32 Å². The van der Waals surface area contributed by atoms with Gasteiger partial charge in [0.1, 0.15) is 5.71 Å². The third-order valence-electron chi connectivity index (χ3n) is 4.55. The maximum atomic E-state index is 12.9. The molecule has 2 aliphatic rings. The molecule has 6 nitrogen and oxygen atoms in total. The molecule has 142 valence electrons. The van der Waals surface area contributed by atoms with Crippen LogP contribution in [0, 0.1) is 5.92 Å². The van der Waals surface area contributed by atoms with Gasteiger partial charge in [-0.05, 0) is 29.4 Å².